The van der Waals surface area contributed by atoms with Crippen molar-refractivity contribution in [3.63, 3.8) is 0 Å². The zero-order valence-electron chi connectivity index (χ0n) is 11.8. The van der Waals surface area contributed by atoms with Crippen LogP contribution in [-0.4, -0.2) is 33.7 Å². The van der Waals surface area contributed by atoms with Crippen molar-refractivity contribution in [2.45, 2.75) is 39.3 Å². The summed E-state index contributed by atoms with van der Waals surface area (Å²) in [6.07, 6.45) is 4.20. The minimum Gasteiger partial charge on any atom is -0.342 e. The van der Waals surface area contributed by atoms with E-state index in [4.69, 9.17) is 0 Å². The fourth-order valence-electron chi connectivity index (χ4n) is 2.30. The maximum absolute atomic E-state index is 12.6. The van der Waals surface area contributed by atoms with Gasteiger partial charge in [0.05, 0.1) is 11.9 Å². The van der Waals surface area contributed by atoms with Gasteiger partial charge in [-0.25, -0.2) is 0 Å². The summed E-state index contributed by atoms with van der Waals surface area (Å²) in [4.78, 5) is 26.1. The molecule has 1 saturated heterocycles. The second kappa shape index (κ2) is 5.03. The molecule has 19 heavy (non-hydrogen) atoms. The molecule has 6 nitrogen and oxygen atoms in total. The van der Waals surface area contributed by atoms with Crippen molar-refractivity contribution < 1.29 is 9.59 Å². The smallest absolute Gasteiger partial charge is 0.250 e. The van der Waals surface area contributed by atoms with E-state index in [-0.39, 0.29) is 17.7 Å². The number of rotatable bonds is 3. The molecule has 2 amide bonds. The molecule has 0 radical (unpaired) electrons. The van der Waals surface area contributed by atoms with E-state index in [1.54, 1.807) is 35.9 Å². The zero-order chi connectivity index (χ0) is 14.2. The lowest BCUT2D eigenvalue weighted by Crippen LogP contribution is -2.64. The van der Waals surface area contributed by atoms with Crippen LogP contribution in [0.5, 0.6) is 0 Å². The number of anilines is 1. The molecule has 0 bridgehead atoms. The number of nitrogens with zero attached hydrogens (tertiary/aromatic N) is 3. The third-order valence-corrected chi connectivity index (χ3v) is 3.75. The van der Waals surface area contributed by atoms with E-state index in [1.165, 1.54) is 0 Å². The molecule has 2 rings (SSSR count). The highest BCUT2D eigenvalue weighted by molar-refractivity contribution is 6.08. The van der Waals surface area contributed by atoms with Gasteiger partial charge in [-0.2, -0.15) is 5.10 Å². The highest BCUT2D eigenvalue weighted by atomic mass is 16.2. The van der Waals surface area contributed by atoms with Crippen LogP contribution in [-0.2, 0) is 16.6 Å². The highest BCUT2D eigenvalue weighted by Crippen LogP contribution is 2.23. The summed E-state index contributed by atoms with van der Waals surface area (Å²) in [6.45, 7) is 5.71. The van der Waals surface area contributed by atoms with Crippen molar-refractivity contribution in [2.24, 2.45) is 13.0 Å². The number of carbonyl (C=O) groups is 2. The van der Waals surface area contributed by atoms with Gasteiger partial charge >= 0.3 is 0 Å². The quantitative estimate of drug-likeness (QED) is 0.873. The van der Waals surface area contributed by atoms with Gasteiger partial charge in [0, 0.05) is 13.2 Å². The number of amides is 2. The molecule has 3 atom stereocenters. The Kier molecular flexibility index (Phi) is 3.59. The van der Waals surface area contributed by atoms with Crippen LogP contribution >= 0.6 is 0 Å². The minimum absolute atomic E-state index is 0.0607. The van der Waals surface area contributed by atoms with Crippen LogP contribution in [0.1, 0.15) is 27.2 Å². The third-order valence-electron chi connectivity index (χ3n) is 3.75. The van der Waals surface area contributed by atoms with Gasteiger partial charge < -0.3 is 5.32 Å². The zero-order valence-corrected chi connectivity index (χ0v) is 11.8. The van der Waals surface area contributed by atoms with E-state index >= 15 is 0 Å². The second-order valence-corrected chi connectivity index (χ2v) is 5.13. The first-order valence-corrected chi connectivity index (χ1v) is 6.57. The van der Waals surface area contributed by atoms with Crippen molar-refractivity contribution in [3.8, 4) is 0 Å². The summed E-state index contributed by atoms with van der Waals surface area (Å²) in [7, 11) is 1.79. The van der Waals surface area contributed by atoms with Crippen LogP contribution in [0.15, 0.2) is 12.4 Å². The Labute approximate surface area is 112 Å². The molecular formula is C13H20N4O2. The Hall–Kier alpha value is -1.85. The summed E-state index contributed by atoms with van der Waals surface area (Å²) >= 11 is 0. The largest absolute Gasteiger partial charge is 0.342 e. The normalized spacial score (nSPS) is 25.4. The first kappa shape index (κ1) is 13.6. The number of carbonyl (C=O) groups excluding carboxylic acids is 2. The lowest BCUT2D eigenvalue weighted by atomic mass is 9.94. The van der Waals surface area contributed by atoms with Gasteiger partial charge in [0.25, 0.3) is 5.91 Å². The van der Waals surface area contributed by atoms with Gasteiger partial charge in [0.2, 0.25) is 5.91 Å². The predicted octanol–water partition coefficient (Wildman–Crippen LogP) is 0.686. The molecule has 1 aliphatic rings. The first-order chi connectivity index (χ1) is 8.95. The molecule has 0 aliphatic carbocycles. The van der Waals surface area contributed by atoms with Gasteiger partial charge in [-0.1, -0.05) is 20.3 Å². The van der Waals surface area contributed by atoms with Crippen LogP contribution in [0.4, 0.5) is 5.69 Å². The van der Waals surface area contributed by atoms with Crippen LogP contribution in [0.2, 0.25) is 0 Å². The van der Waals surface area contributed by atoms with Crippen LogP contribution in [0, 0.1) is 5.92 Å². The van der Waals surface area contributed by atoms with Crippen LogP contribution < -0.4 is 10.2 Å². The average molecular weight is 264 g/mol. The van der Waals surface area contributed by atoms with Crippen LogP contribution in [0.3, 0.4) is 0 Å². The average Bonchev–Trinajstić information content (AvgIpc) is 2.79. The summed E-state index contributed by atoms with van der Waals surface area (Å²) in [5, 5.41) is 6.88. The Morgan fingerprint density at radius 2 is 2.16 bits per heavy atom. The second-order valence-electron chi connectivity index (χ2n) is 5.13. The van der Waals surface area contributed by atoms with Crippen LogP contribution in [0.25, 0.3) is 0 Å². The summed E-state index contributed by atoms with van der Waals surface area (Å²) in [5.41, 5.74) is 0.670. The van der Waals surface area contributed by atoms with Gasteiger partial charge in [-0.3, -0.25) is 19.2 Å². The molecule has 104 valence electrons. The maximum Gasteiger partial charge on any atom is 0.250 e. The molecule has 0 aromatic carbocycles. The van der Waals surface area contributed by atoms with E-state index in [0.29, 0.717) is 5.69 Å². The number of hydrogen-bond acceptors (Lipinski definition) is 3. The standard InChI is InChI=1S/C13H20N4O2/c1-5-8(2)11-13(19)17(9(3)12(18)15-11)10-6-14-16(4)7-10/h6-9,11H,5H2,1-4H3,(H,15,18). The molecule has 1 N–H and O–H groups in total. The first-order valence-electron chi connectivity index (χ1n) is 6.57. The van der Waals surface area contributed by atoms with E-state index < -0.39 is 12.1 Å². The topological polar surface area (TPSA) is 67.2 Å². The van der Waals surface area contributed by atoms with Gasteiger partial charge in [-0.15, -0.1) is 0 Å². The third kappa shape index (κ3) is 2.34. The monoisotopic (exact) mass is 264 g/mol. The van der Waals surface area contributed by atoms with E-state index in [2.05, 4.69) is 10.4 Å². The number of hydrogen-bond donors (Lipinski definition) is 1. The Morgan fingerprint density at radius 3 is 2.68 bits per heavy atom. The number of aryl methyl sites for hydroxylation is 1. The van der Waals surface area contributed by atoms with Crippen molar-refractivity contribution in [3.05, 3.63) is 12.4 Å². The van der Waals surface area contributed by atoms with Crippen molar-refractivity contribution in [1.82, 2.24) is 15.1 Å². The predicted molar refractivity (Wildman–Crippen MR) is 71.5 cm³/mol. The maximum atomic E-state index is 12.6. The molecule has 0 spiro atoms. The van der Waals surface area contributed by atoms with Crippen molar-refractivity contribution in [2.75, 3.05) is 4.90 Å². The highest BCUT2D eigenvalue weighted by Gasteiger charge is 2.41. The molecule has 1 aromatic heterocycles. The molecule has 6 heteroatoms. The van der Waals surface area contributed by atoms with Gasteiger partial charge in [0.15, 0.2) is 0 Å². The summed E-state index contributed by atoms with van der Waals surface area (Å²) < 4.78 is 1.63. The van der Waals surface area contributed by atoms with Crippen molar-refractivity contribution in [1.29, 1.82) is 0 Å². The van der Waals surface area contributed by atoms with E-state index in [1.807, 2.05) is 13.8 Å². The molecule has 0 saturated carbocycles. The molecule has 1 aromatic rings. The fourth-order valence-corrected chi connectivity index (χ4v) is 2.30. The fraction of sp³-hybridized carbons (Fsp3) is 0.615. The summed E-state index contributed by atoms with van der Waals surface area (Å²) in [5.74, 6) is -0.0636. The van der Waals surface area contributed by atoms with Crippen molar-refractivity contribution >= 4 is 17.5 Å². The summed E-state index contributed by atoms with van der Waals surface area (Å²) in [6, 6.07) is -0.953. The molecule has 1 aliphatic heterocycles. The van der Waals surface area contributed by atoms with E-state index in [0.717, 1.165) is 6.42 Å². The Bertz CT molecular complexity index is 497. The molecule has 1 fully saturated rings. The lowest BCUT2D eigenvalue weighted by molar-refractivity contribution is -0.134. The van der Waals surface area contributed by atoms with Gasteiger partial charge in [0.1, 0.15) is 12.1 Å². The van der Waals surface area contributed by atoms with Gasteiger partial charge in [-0.05, 0) is 12.8 Å². The molecule has 2 heterocycles. The SMILES string of the molecule is CCC(C)C1NC(=O)C(C)N(c2cnn(C)c2)C1=O. The number of nitrogens with one attached hydrogen (secondary N) is 1. The molecular weight excluding hydrogens is 244 g/mol. The van der Waals surface area contributed by atoms with E-state index in [9.17, 15) is 9.59 Å². The lowest BCUT2D eigenvalue weighted by Gasteiger charge is -2.38. The Morgan fingerprint density at radius 1 is 1.47 bits per heavy atom. The number of aromatic nitrogens is 2. The molecule has 3 unspecified atom stereocenters. The minimum atomic E-state index is -0.503. The Balaban J connectivity index is 2.34. The number of piperazine rings is 1.